The Balaban J connectivity index is 2.41. The molecule has 0 heterocycles. The van der Waals surface area contributed by atoms with E-state index in [0.717, 1.165) is 10.5 Å². The van der Waals surface area contributed by atoms with E-state index in [1.54, 1.807) is 81.4 Å². The summed E-state index contributed by atoms with van der Waals surface area (Å²) in [4.78, 5) is 146. The lowest BCUT2D eigenvalue weighted by Gasteiger charge is -2.30. The van der Waals surface area contributed by atoms with Crippen LogP contribution in [-0.4, -0.2) is 125 Å². The molecule has 0 saturated heterocycles. The predicted octanol–water partition coefficient (Wildman–Crippen LogP) is -1.27. The van der Waals surface area contributed by atoms with Gasteiger partial charge in [-0.05, 0) is 48.0 Å². The average Bonchev–Trinajstić information content (AvgIpc) is 3.31. The van der Waals surface area contributed by atoms with Crippen LogP contribution in [0.1, 0.15) is 90.7 Å². The van der Waals surface area contributed by atoms with Gasteiger partial charge in [0.05, 0.1) is 19.5 Å². The highest BCUT2D eigenvalue weighted by atomic mass is 32.1. The molecule has 2 aromatic carbocycles. The number of nitrogens with one attached hydrogen (secondary N) is 7. The van der Waals surface area contributed by atoms with Gasteiger partial charge in [-0.25, -0.2) is 0 Å². The zero-order valence-electron chi connectivity index (χ0n) is 41.0. The van der Waals surface area contributed by atoms with Gasteiger partial charge in [-0.2, -0.15) is 12.6 Å². The molecule has 11 amide bonds. The first-order valence-electron chi connectivity index (χ1n) is 23.5. The number of benzene rings is 2. The van der Waals surface area contributed by atoms with Gasteiger partial charge in [0.1, 0.15) is 36.3 Å². The molecule has 0 bridgehead atoms. The number of carbonyl (C=O) groups excluding carboxylic acids is 11. The van der Waals surface area contributed by atoms with Crippen molar-refractivity contribution in [2.75, 3.05) is 18.8 Å². The fraction of sp³-hybridized carbons (Fsp3) is 0.521. The molecule has 0 fully saturated rings. The first-order chi connectivity index (χ1) is 33.6. The van der Waals surface area contributed by atoms with Crippen molar-refractivity contribution in [1.29, 1.82) is 0 Å². The first kappa shape index (κ1) is 60.1. The monoisotopic (exact) mass is 1010 g/mol. The molecule has 7 atom stereocenters. The maximum atomic E-state index is 14.3. The third-order valence-corrected chi connectivity index (χ3v) is 11.3. The minimum Gasteiger partial charge on any atom is -0.370 e. The molecule has 0 saturated carbocycles. The van der Waals surface area contributed by atoms with Gasteiger partial charge in [0.15, 0.2) is 0 Å². The molecule has 0 radical (unpaired) electrons. The topological polar surface area (TPSA) is 353 Å². The van der Waals surface area contributed by atoms with E-state index in [4.69, 9.17) is 17.2 Å². The summed E-state index contributed by atoms with van der Waals surface area (Å²) < 4.78 is 0. The summed E-state index contributed by atoms with van der Waals surface area (Å²) in [5.41, 5.74) is 17.4. The normalized spacial score (nSPS) is 13.8. The molecule has 0 aliphatic rings. The molecule has 2 rings (SSSR count). The van der Waals surface area contributed by atoms with Gasteiger partial charge in [0, 0.05) is 25.8 Å². The number of thiol groups is 1. The van der Waals surface area contributed by atoms with E-state index < -0.39 is 133 Å². The van der Waals surface area contributed by atoms with Gasteiger partial charge in [0.25, 0.3) is 0 Å². The third kappa shape index (κ3) is 22.5. The Bertz CT molecular complexity index is 2150. The number of amides is 11. The van der Waals surface area contributed by atoms with E-state index >= 15 is 0 Å². The molecule has 22 nitrogen and oxygen atoms in total. The van der Waals surface area contributed by atoms with E-state index in [1.165, 1.54) is 0 Å². The average molecular weight is 1010 g/mol. The van der Waals surface area contributed by atoms with Crippen molar-refractivity contribution < 1.29 is 52.7 Å². The molecule has 71 heavy (non-hydrogen) atoms. The number of nitrogens with zero attached hydrogens (tertiary/aromatic N) is 1. The highest BCUT2D eigenvalue weighted by Crippen LogP contribution is 2.14. The standard InChI is InChI=1S/C48H71N11O11S/c1-6-29(5)42(58-46(68)35(53-40(63)20-21-71)23-30-14-10-8-11-15-30)47(69)56-33(18-19-37(49)60)44(66)57-36(24-38(50)61)45(67)55-32(7-2)48(70)59(26-31-16-12-9-13-17-31)27-41(64)54-34(22-28(3)4)43(65)52-25-39(51)62/h8-17,28-29,32-36,42,71H,6-7,18-27H2,1-5H3,(H2,49,60)(H2,50,61)(H2,51,62)(H,52,65)(H,53,63)(H,54,64)(H,55,67)(H,56,69)(H,57,66)(H,58,68)/t29-,32+,33-,34-,35-,36-,42-/m0/s1. The highest BCUT2D eigenvalue weighted by Gasteiger charge is 2.36. The lowest BCUT2D eigenvalue weighted by molar-refractivity contribution is -0.141. The predicted molar refractivity (Wildman–Crippen MR) is 266 cm³/mol. The summed E-state index contributed by atoms with van der Waals surface area (Å²) >= 11 is 4.10. The molecule has 13 N–H and O–H groups in total. The number of carbonyl (C=O) groups is 11. The maximum absolute atomic E-state index is 14.3. The molecule has 390 valence electrons. The van der Waals surface area contributed by atoms with Crippen LogP contribution in [-0.2, 0) is 65.7 Å². The molecule has 2 aromatic rings. The van der Waals surface area contributed by atoms with E-state index in [-0.39, 0.29) is 50.3 Å². The molecular weight excluding hydrogens is 939 g/mol. The van der Waals surface area contributed by atoms with Crippen molar-refractivity contribution in [1.82, 2.24) is 42.1 Å². The van der Waals surface area contributed by atoms with Crippen molar-refractivity contribution in [2.24, 2.45) is 29.0 Å². The van der Waals surface area contributed by atoms with Crippen LogP contribution in [0.2, 0.25) is 0 Å². The largest absolute Gasteiger partial charge is 0.370 e. The minimum absolute atomic E-state index is 0.0211. The Morgan fingerprint density at radius 1 is 0.563 bits per heavy atom. The van der Waals surface area contributed by atoms with Gasteiger partial charge < -0.3 is 59.3 Å². The number of rotatable bonds is 32. The number of hydrogen-bond acceptors (Lipinski definition) is 12. The van der Waals surface area contributed by atoms with E-state index in [1.807, 2.05) is 13.8 Å². The smallest absolute Gasteiger partial charge is 0.245 e. The van der Waals surface area contributed by atoms with Gasteiger partial charge in [0.2, 0.25) is 65.0 Å². The Hall–Kier alpha value is -7.04. The van der Waals surface area contributed by atoms with Gasteiger partial charge in [-0.3, -0.25) is 52.7 Å². The molecule has 23 heteroatoms. The van der Waals surface area contributed by atoms with Crippen LogP contribution in [0, 0.1) is 11.8 Å². The summed E-state index contributed by atoms with van der Waals surface area (Å²) in [6.45, 7) is 7.47. The van der Waals surface area contributed by atoms with E-state index in [0.29, 0.717) is 12.0 Å². The Labute approximate surface area is 419 Å². The summed E-state index contributed by atoms with van der Waals surface area (Å²) in [6.07, 6.45) is -0.986. The second-order valence-electron chi connectivity index (χ2n) is 17.5. The van der Waals surface area contributed by atoms with Crippen LogP contribution in [0.4, 0.5) is 0 Å². The van der Waals surface area contributed by atoms with Crippen LogP contribution in [0.25, 0.3) is 0 Å². The van der Waals surface area contributed by atoms with Gasteiger partial charge >= 0.3 is 0 Å². The number of hydrogen-bond donors (Lipinski definition) is 11. The van der Waals surface area contributed by atoms with E-state index in [9.17, 15) is 52.7 Å². The first-order valence-corrected chi connectivity index (χ1v) is 24.1. The Kier molecular flexibility index (Phi) is 26.4. The van der Waals surface area contributed by atoms with Crippen molar-refractivity contribution >= 4 is 77.6 Å². The minimum atomic E-state index is -1.74. The molecule has 0 aliphatic heterocycles. The van der Waals surface area contributed by atoms with Gasteiger partial charge in [-0.1, -0.05) is 102 Å². The van der Waals surface area contributed by atoms with Crippen LogP contribution >= 0.6 is 12.6 Å². The fourth-order valence-electron chi connectivity index (χ4n) is 7.14. The van der Waals surface area contributed by atoms with Crippen LogP contribution in [0.3, 0.4) is 0 Å². The quantitative estimate of drug-likeness (QED) is 0.0384. The van der Waals surface area contributed by atoms with Crippen molar-refractivity contribution in [2.45, 2.75) is 129 Å². The second-order valence-corrected chi connectivity index (χ2v) is 18.0. The molecule has 0 aromatic heterocycles. The zero-order valence-corrected chi connectivity index (χ0v) is 41.9. The molecule has 0 unspecified atom stereocenters. The van der Waals surface area contributed by atoms with Crippen LogP contribution < -0.4 is 54.4 Å². The summed E-state index contributed by atoms with van der Waals surface area (Å²) in [5, 5.41) is 17.9. The van der Waals surface area contributed by atoms with Crippen molar-refractivity contribution in [3.63, 3.8) is 0 Å². The Morgan fingerprint density at radius 3 is 1.65 bits per heavy atom. The fourth-order valence-corrected chi connectivity index (χ4v) is 7.35. The Morgan fingerprint density at radius 2 is 1.11 bits per heavy atom. The van der Waals surface area contributed by atoms with Crippen LogP contribution in [0.15, 0.2) is 60.7 Å². The lowest BCUT2D eigenvalue weighted by atomic mass is 9.96. The SMILES string of the molecule is CC[C@@H](NC(=O)[C@H](CC(N)=O)NC(=O)[C@H](CCC(N)=O)NC(=O)[C@@H](NC(=O)[C@H](Cc1ccccc1)NC(=O)CCS)[C@@H](C)CC)C(=O)N(CC(=O)N[C@@H](CC(C)C)C(=O)NCC(N)=O)Cc1ccccc1. The van der Waals surface area contributed by atoms with Crippen LogP contribution in [0.5, 0.6) is 0 Å². The third-order valence-electron chi connectivity index (χ3n) is 11.1. The highest BCUT2D eigenvalue weighted by molar-refractivity contribution is 7.80. The van der Waals surface area contributed by atoms with Gasteiger partial charge in [-0.15, -0.1) is 0 Å². The lowest BCUT2D eigenvalue weighted by Crippen LogP contribution is -2.60. The number of nitrogens with two attached hydrogens (primary N) is 3. The number of primary amides is 3. The second kappa shape index (κ2) is 31.2. The molecule has 0 aliphatic carbocycles. The molecular formula is C48H71N11O11S. The summed E-state index contributed by atoms with van der Waals surface area (Å²) in [5.74, 6) is -9.30. The zero-order chi connectivity index (χ0) is 53.2. The summed E-state index contributed by atoms with van der Waals surface area (Å²) in [6, 6.07) is 9.31. The maximum Gasteiger partial charge on any atom is 0.245 e. The van der Waals surface area contributed by atoms with E-state index in [2.05, 4.69) is 49.8 Å². The molecule has 0 spiro atoms. The summed E-state index contributed by atoms with van der Waals surface area (Å²) in [7, 11) is 0. The van der Waals surface area contributed by atoms with Crippen molar-refractivity contribution in [3.05, 3.63) is 71.8 Å². The van der Waals surface area contributed by atoms with Crippen molar-refractivity contribution in [3.8, 4) is 0 Å².